The fourth-order valence-corrected chi connectivity index (χ4v) is 2.67. The van der Waals surface area contributed by atoms with Crippen molar-refractivity contribution in [2.45, 2.75) is 19.9 Å². The van der Waals surface area contributed by atoms with Gasteiger partial charge < -0.3 is 4.90 Å². The van der Waals surface area contributed by atoms with Crippen molar-refractivity contribution in [1.29, 1.82) is 0 Å². The molecular weight excluding hydrogens is 234 g/mol. The molecule has 2 aromatic heterocycles. The fraction of sp³-hybridized carbons (Fsp3) is 0.333. The molecule has 0 aliphatic rings. The maximum atomic E-state index is 12.2. The Morgan fingerprint density at radius 2 is 2.41 bits per heavy atom. The maximum Gasteiger partial charge on any atom is 0.264 e. The molecule has 1 N–H and O–H groups in total. The molecule has 90 valence electrons. The van der Waals surface area contributed by atoms with Gasteiger partial charge in [-0.3, -0.25) is 9.89 Å². The minimum atomic E-state index is 0.0815. The number of aromatic nitrogens is 2. The number of hydrogen-bond acceptors (Lipinski definition) is 3. The molecular formula is C12H15N3OS. The second-order valence-corrected chi connectivity index (χ2v) is 4.81. The third kappa shape index (κ3) is 2.55. The van der Waals surface area contributed by atoms with E-state index < -0.39 is 0 Å². The summed E-state index contributed by atoms with van der Waals surface area (Å²) in [5, 5.41) is 8.59. The first-order chi connectivity index (χ1) is 8.22. The van der Waals surface area contributed by atoms with Gasteiger partial charge in [-0.1, -0.05) is 6.92 Å². The monoisotopic (exact) mass is 249 g/mol. The molecule has 2 rings (SSSR count). The van der Waals surface area contributed by atoms with Gasteiger partial charge >= 0.3 is 0 Å². The van der Waals surface area contributed by atoms with Gasteiger partial charge in [0, 0.05) is 25.4 Å². The molecule has 0 saturated carbocycles. The Hall–Kier alpha value is -1.62. The lowest BCUT2D eigenvalue weighted by Gasteiger charge is -2.15. The molecule has 0 fully saturated rings. The number of aromatic amines is 1. The van der Waals surface area contributed by atoms with Crippen LogP contribution in [0.25, 0.3) is 0 Å². The zero-order valence-electron chi connectivity index (χ0n) is 9.93. The summed E-state index contributed by atoms with van der Waals surface area (Å²) in [7, 11) is 1.81. The Bertz CT molecular complexity index is 490. The number of hydrogen-bond donors (Lipinski definition) is 1. The molecule has 0 radical (unpaired) electrons. The predicted molar refractivity (Wildman–Crippen MR) is 68.1 cm³/mol. The summed E-state index contributed by atoms with van der Waals surface area (Å²) in [6, 6.07) is 2.02. The second-order valence-electron chi connectivity index (χ2n) is 3.90. The summed E-state index contributed by atoms with van der Waals surface area (Å²) in [4.78, 5) is 14.8. The van der Waals surface area contributed by atoms with Crippen LogP contribution in [0.2, 0.25) is 0 Å². The van der Waals surface area contributed by atoms with Crippen molar-refractivity contribution >= 4 is 17.2 Å². The van der Waals surface area contributed by atoms with E-state index in [4.69, 9.17) is 0 Å². The standard InChI is InChI=1S/C12H15N3OS/c1-3-10-4-5-17-11(10)12(16)15(2)8-9-6-13-14-7-9/h4-7H,3,8H2,1-2H3,(H,13,14). The Morgan fingerprint density at radius 3 is 3.06 bits per heavy atom. The molecule has 0 aliphatic carbocycles. The van der Waals surface area contributed by atoms with Crippen molar-refractivity contribution in [2.75, 3.05) is 7.05 Å². The van der Waals surface area contributed by atoms with Crippen LogP contribution in [0.1, 0.15) is 27.7 Å². The van der Waals surface area contributed by atoms with Crippen LogP contribution in [0.3, 0.4) is 0 Å². The molecule has 2 heterocycles. The molecule has 0 spiro atoms. The topological polar surface area (TPSA) is 49.0 Å². The van der Waals surface area contributed by atoms with Crippen LogP contribution in [0.15, 0.2) is 23.8 Å². The quantitative estimate of drug-likeness (QED) is 0.904. The average molecular weight is 249 g/mol. The van der Waals surface area contributed by atoms with Gasteiger partial charge in [-0.2, -0.15) is 5.10 Å². The van der Waals surface area contributed by atoms with Crippen LogP contribution >= 0.6 is 11.3 Å². The second kappa shape index (κ2) is 5.14. The summed E-state index contributed by atoms with van der Waals surface area (Å²) in [5.74, 6) is 0.0815. The molecule has 0 unspecified atom stereocenters. The lowest BCUT2D eigenvalue weighted by atomic mass is 10.2. The van der Waals surface area contributed by atoms with Crippen molar-refractivity contribution < 1.29 is 4.79 Å². The van der Waals surface area contributed by atoms with Crippen LogP contribution in [0.4, 0.5) is 0 Å². The number of H-pyrrole nitrogens is 1. The minimum Gasteiger partial charge on any atom is -0.337 e. The highest BCUT2D eigenvalue weighted by molar-refractivity contribution is 7.12. The molecule has 0 atom stereocenters. The number of nitrogens with one attached hydrogen (secondary N) is 1. The summed E-state index contributed by atoms with van der Waals surface area (Å²) in [6.07, 6.45) is 4.43. The number of nitrogens with zero attached hydrogens (tertiary/aromatic N) is 2. The van der Waals surface area contributed by atoms with Gasteiger partial charge in [0.05, 0.1) is 11.1 Å². The highest BCUT2D eigenvalue weighted by atomic mass is 32.1. The van der Waals surface area contributed by atoms with Crippen molar-refractivity contribution in [3.8, 4) is 0 Å². The molecule has 17 heavy (non-hydrogen) atoms. The van der Waals surface area contributed by atoms with E-state index in [1.807, 2.05) is 18.5 Å². The van der Waals surface area contributed by atoms with Crippen LogP contribution in [-0.2, 0) is 13.0 Å². The molecule has 2 aromatic rings. The average Bonchev–Trinajstić information content (AvgIpc) is 2.97. The van der Waals surface area contributed by atoms with E-state index in [9.17, 15) is 4.79 Å². The van der Waals surface area contributed by atoms with E-state index in [0.717, 1.165) is 22.4 Å². The first kappa shape index (κ1) is 11.9. The van der Waals surface area contributed by atoms with E-state index in [0.29, 0.717) is 6.54 Å². The fourth-order valence-electron chi connectivity index (χ4n) is 1.68. The highest BCUT2D eigenvalue weighted by Gasteiger charge is 2.16. The molecule has 0 saturated heterocycles. The van der Waals surface area contributed by atoms with Gasteiger partial charge in [0.25, 0.3) is 5.91 Å². The Balaban J connectivity index is 2.09. The van der Waals surface area contributed by atoms with E-state index in [2.05, 4.69) is 17.1 Å². The zero-order chi connectivity index (χ0) is 12.3. The zero-order valence-corrected chi connectivity index (χ0v) is 10.8. The van der Waals surface area contributed by atoms with Gasteiger partial charge in [-0.05, 0) is 23.4 Å². The van der Waals surface area contributed by atoms with Crippen molar-refractivity contribution in [2.24, 2.45) is 0 Å². The minimum absolute atomic E-state index is 0.0815. The molecule has 0 aliphatic heterocycles. The van der Waals surface area contributed by atoms with Crippen molar-refractivity contribution in [3.05, 3.63) is 39.8 Å². The van der Waals surface area contributed by atoms with Crippen LogP contribution in [0, 0.1) is 0 Å². The van der Waals surface area contributed by atoms with E-state index in [-0.39, 0.29) is 5.91 Å². The predicted octanol–water partition coefficient (Wildman–Crippen LogP) is 2.31. The van der Waals surface area contributed by atoms with Gasteiger partial charge in [0.1, 0.15) is 0 Å². The first-order valence-corrected chi connectivity index (χ1v) is 6.39. The van der Waals surface area contributed by atoms with E-state index in [1.54, 1.807) is 17.3 Å². The summed E-state index contributed by atoms with van der Waals surface area (Å²) in [6.45, 7) is 2.64. The third-order valence-corrected chi connectivity index (χ3v) is 3.59. The normalized spacial score (nSPS) is 10.5. The largest absolute Gasteiger partial charge is 0.337 e. The van der Waals surface area contributed by atoms with Crippen LogP contribution in [0.5, 0.6) is 0 Å². The van der Waals surface area contributed by atoms with Crippen molar-refractivity contribution in [3.63, 3.8) is 0 Å². The van der Waals surface area contributed by atoms with Gasteiger partial charge in [-0.25, -0.2) is 0 Å². The lowest BCUT2D eigenvalue weighted by molar-refractivity contribution is 0.0789. The van der Waals surface area contributed by atoms with E-state index in [1.165, 1.54) is 11.3 Å². The smallest absolute Gasteiger partial charge is 0.264 e. The number of carbonyl (C=O) groups excluding carboxylic acids is 1. The Morgan fingerprint density at radius 1 is 1.59 bits per heavy atom. The lowest BCUT2D eigenvalue weighted by Crippen LogP contribution is -2.26. The number of carbonyl (C=O) groups is 1. The molecule has 4 nitrogen and oxygen atoms in total. The Labute approximate surface area is 104 Å². The number of thiophene rings is 1. The molecule has 0 aromatic carbocycles. The summed E-state index contributed by atoms with van der Waals surface area (Å²) in [5.41, 5.74) is 2.13. The van der Waals surface area contributed by atoms with Gasteiger partial charge in [0.2, 0.25) is 0 Å². The van der Waals surface area contributed by atoms with Gasteiger partial charge in [-0.15, -0.1) is 11.3 Å². The number of aryl methyl sites for hydroxylation is 1. The van der Waals surface area contributed by atoms with Crippen molar-refractivity contribution in [1.82, 2.24) is 15.1 Å². The first-order valence-electron chi connectivity index (χ1n) is 5.52. The SMILES string of the molecule is CCc1ccsc1C(=O)N(C)Cc1cn[nH]c1. The molecule has 1 amide bonds. The summed E-state index contributed by atoms with van der Waals surface area (Å²) >= 11 is 1.51. The number of amides is 1. The van der Waals surface area contributed by atoms with Crippen LogP contribution < -0.4 is 0 Å². The van der Waals surface area contributed by atoms with Crippen LogP contribution in [-0.4, -0.2) is 28.1 Å². The van der Waals surface area contributed by atoms with Gasteiger partial charge in [0.15, 0.2) is 0 Å². The molecule has 5 heteroatoms. The summed E-state index contributed by atoms with van der Waals surface area (Å²) < 4.78 is 0. The van der Waals surface area contributed by atoms with E-state index >= 15 is 0 Å². The third-order valence-electron chi connectivity index (χ3n) is 2.64. The number of rotatable bonds is 4. The Kier molecular flexibility index (Phi) is 3.58. The highest BCUT2D eigenvalue weighted by Crippen LogP contribution is 2.19. The molecule has 0 bridgehead atoms. The maximum absolute atomic E-state index is 12.2.